The van der Waals surface area contributed by atoms with E-state index >= 15 is 0 Å². The minimum Gasteiger partial charge on any atom is -0.341 e. The Labute approximate surface area is 117 Å². The third kappa shape index (κ3) is 3.31. The fraction of sp³-hybridized carbons (Fsp3) is 0.938. The van der Waals surface area contributed by atoms with Crippen molar-refractivity contribution >= 4 is 5.91 Å². The Morgan fingerprint density at radius 2 is 1.95 bits per heavy atom. The van der Waals surface area contributed by atoms with Gasteiger partial charge in [-0.2, -0.15) is 0 Å². The Morgan fingerprint density at radius 3 is 2.53 bits per heavy atom. The van der Waals surface area contributed by atoms with Gasteiger partial charge in [-0.25, -0.2) is 0 Å². The van der Waals surface area contributed by atoms with E-state index in [0.717, 1.165) is 32.0 Å². The van der Waals surface area contributed by atoms with Crippen LogP contribution in [-0.2, 0) is 4.79 Å². The molecular weight excluding hydrogens is 236 g/mol. The minimum atomic E-state index is 0.320. The largest absolute Gasteiger partial charge is 0.341 e. The Bertz CT molecular complexity index is 321. The number of rotatable bonds is 5. The van der Waals surface area contributed by atoms with E-state index in [-0.39, 0.29) is 0 Å². The van der Waals surface area contributed by atoms with Crippen LogP contribution in [0.15, 0.2) is 0 Å². The van der Waals surface area contributed by atoms with Crippen molar-refractivity contribution < 1.29 is 4.79 Å². The van der Waals surface area contributed by atoms with Gasteiger partial charge >= 0.3 is 0 Å². The summed E-state index contributed by atoms with van der Waals surface area (Å²) in [6, 6.07) is 0.555. The van der Waals surface area contributed by atoms with Crippen LogP contribution in [0.4, 0.5) is 0 Å². The lowest BCUT2D eigenvalue weighted by Crippen LogP contribution is -2.45. The third-order valence-corrected chi connectivity index (χ3v) is 5.27. The molecule has 1 heterocycles. The SMILES string of the molecule is CC1CCCC1C(=O)N(CC1CC1)CC1CCCN1. The summed E-state index contributed by atoms with van der Waals surface area (Å²) in [7, 11) is 0. The molecule has 3 heteroatoms. The predicted molar refractivity (Wildman–Crippen MR) is 76.8 cm³/mol. The minimum absolute atomic E-state index is 0.320. The van der Waals surface area contributed by atoms with Crippen molar-refractivity contribution in [3.63, 3.8) is 0 Å². The van der Waals surface area contributed by atoms with Gasteiger partial charge in [-0.05, 0) is 56.9 Å². The summed E-state index contributed by atoms with van der Waals surface area (Å²) in [5, 5.41) is 3.54. The van der Waals surface area contributed by atoms with Gasteiger partial charge in [0.1, 0.15) is 0 Å². The van der Waals surface area contributed by atoms with Gasteiger partial charge in [-0.3, -0.25) is 4.79 Å². The average molecular weight is 264 g/mol. The van der Waals surface area contributed by atoms with E-state index in [1.807, 2.05) is 0 Å². The highest BCUT2D eigenvalue weighted by molar-refractivity contribution is 5.79. The van der Waals surface area contributed by atoms with Crippen LogP contribution in [0, 0.1) is 17.8 Å². The Morgan fingerprint density at radius 1 is 1.11 bits per heavy atom. The second-order valence-electron chi connectivity index (χ2n) is 6.99. The summed E-state index contributed by atoms with van der Waals surface area (Å²) in [5.74, 6) is 2.19. The van der Waals surface area contributed by atoms with Crippen molar-refractivity contribution in [2.24, 2.45) is 17.8 Å². The molecule has 3 atom stereocenters. The van der Waals surface area contributed by atoms with E-state index < -0.39 is 0 Å². The van der Waals surface area contributed by atoms with E-state index in [2.05, 4.69) is 17.1 Å². The second kappa shape index (κ2) is 5.82. The first kappa shape index (κ1) is 13.4. The molecule has 3 rings (SSSR count). The standard InChI is InChI=1S/C16H28N2O/c1-12-4-2-6-15(12)16(19)18(10-13-7-8-13)11-14-5-3-9-17-14/h12-15,17H,2-11H2,1H3. The number of nitrogens with one attached hydrogen (secondary N) is 1. The Balaban J connectivity index is 1.61. The van der Waals surface area contributed by atoms with Crippen molar-refractivity contribution in [1.29, 1.82) is 0 Å². The molecule has 0 aromatic heterocycles. The molecular formula is C16H28N2O. The van der Waals surface area contributed by atoms with Crippen molar-refractivity contribution in [1.82, 2.24) is 10.2 Å². The third-order valence-electron chi connectivity index (χ3n) is 5.27. The highest BCUT2D eigenvalue weighted by atomic mass is 16.2. The summed E-state index contributed by atoms with van der Waals surface area (Å²) in [4.78, 5) is 15.0. The van der Waals surface area contributed by atoms with E-state index in [1.165, 1.54) is 38.5 Å². The molecule has 3 unspecified atom stereocenters. The number of carbonyl (C=O) groups is 1. The number of hydrogen-bond donors (Lipinski definition) is 1. The number of nitrogens with zero attached hydrogens (tertiary/aromatic N) is 1. The summed E-state index contributed by atoms with van der Waals surface area (Å²) in [6.45, 7) is 5.38. The fourth-order valence-corrected chi connectivity index (χ4v) is 3.79. The number of carbonyl (C=O) groups excluding carboxylic acids is 1. The molecule has 0 spiro atoms. The van der Waals surface area contributed by atoms with Gasteiger partial charge in [0.05, 0.1) is 0 Å². The second-order valence-corrected chi connectivity index (χ2v) is 6.99. The van der Waals surface area contributed by atoms with Crippen LogP contribution in [-0.4, -0.2) is 36.5 Å². The number of hydrogen-bond acceptors (Lipinski definition) is 2. The van der Waals surface area contributed by atoms with Crippen molar-refractivity contribution in [2.75, 3.05) is 19.6 Å². The molecule has 0 radical (unpaired) electrons. The van der Waals surface area contributed by atoms with Crippen LogP contribution >= 0.6 is 0 Å². The van der Waals surface area contributed by atoms with Crippen molar-refractivity contribution in [3.8, 4) is 0 Å². The van der Waals surface area contributed by atoms with Gasteiger partial charge in [-0.15, -0.1) is 0 Å². The maximum Gasteiger partial charge on any atom is 0.226 e. The molecule has 0 bridgehead atoms. The van der Waals surface area contributed by atoms with Gasteiger partial charge in [0.25, 0.3) is 0 Å². The summed E-state index contributed by atoms with van der Waals surface area (Å²) in [5.41, 5.74) is 0. The van der Waals surface area contributed by atoms with Crippen LogP contribution in [0.3, 0.4) is 0 Å². The Kier molecular flexibility index (Phi) is 4.11. The lowest BCUT2D eigenvalue weighted by molar-refractivity contribution is -0.137. The molecule has 3 fully saturated rings. The quantitative estimate of drug-likeness (QED) is 0.827. The van der Waals surface area contributed by atoms with Gasteiger partial charge in [0.2, 0.25) is 5.91 Å². The molecule has 1 amide bonds. The van der Waals surface area contributed by atoms with Gasteiger partial charge in [0, 0.05) is 25.0 Å². The fourth-order valence-electron chi connectivity index (χ4n) is 3.79. The first-order chi connectivity index (χ1) is 9.24. The first-order valence-corrected chi connectivity index (χ1v) is 8.26. The molecule has 1 aliphatic heterocycles. The lowest BCUT2D eigenvalue weighted by Gasteiger charge is -2.30. The molecule has 0 aromatic rings. The van der Waals surface area contributed by atoms with E-state index in [4.69, 9.17) is 0 Å². The zero-order valence-electron chi connectivity index (χ0n) is 12.2. The van der Waals surface area contributed by atoms with E-state index in [9.17, 15) is 4.79 Å². The van der Waals surface area contributed by atoms with Crippen molar-refractivity contribution in [2.45, 2.75) is 57.9 Å². The maximum atomic E-state index is 12.8. The molecule has 1 N–H and O–H groups in total. The predicted octanol–water partition coefficient (Wildman–Crippen LogP) is 2.41. The van der Waals surface area contributed by atoms with E-state index in [0.29, 0.717) is 23.8 Å². The van der Waals surface area contributed by atoms with Gasteiger partial charge < -0.3 is 10.2 Å². The van der Waals surface area contributed by atoms with Crippen LogP contribution < -0.4 is 5.32 Å². The smallest absolute Gasteiger partial charge is 0.226 e. The zero-order valence-corrected chi connectivity index (χ0v) is 12.2. The summed E-state index contributed by atoms with van der Waals surface area (Å²) < 4.78 is 0. The lowest BCUT2D eigenvalue weighted by atomic mass is 9.96. The summed E-state index contributed by atoms with van der Waals surface area (Å²) >= 11 is 0. The van der Waals surface area contributed by atoms with Gasteiger partial charge in [0.15, 0.2) is 0 Å². The zero-order chi connectivity index (χ0) is 13.2. The first-order valence-electron chi connectivity index (χ1n) is 8.26. The van der Waals surface area contributed by atoms with E-state index in [1.54, 1.807) is 0 Å². The normalized spacial score (nSPS) is 34.7. The molecule has 3 aliphatic rings. The van der Waals surface area contributed by atoms with Gasteiger partial charge in [-0.1, -0.05) is 13.3 Å². The Hall–Kier alpha value is -0.570. The highest BCUT2D eigenvalue weighted by Gasteiger charge is 2.36. The molecule has 1 saturated heterocycles. The summed E-state index contributed by atoms with van der Waals surface area (Å²) in [6.07, 6.45) is 8.81. The monoisotopic (exact) mass is 264 g/mol. The van der Waals surface area contributed by atoms with Crippen LogP contribution in [0.1, 0.15) is 51.9 Å². The maximum absolute atomic E-state index is 12.8. The molecule has 3 nitrogen and oxygen atoms in total. The molecule has 108 valence electrons. The molecule has 2 saturated carbocycles. The molecule has 19 heavy (non-hydrogen) atoms. The topological polar surface area (TPSA) is 32.3 Å². The molecule has 2 aliphatic carbocycles. The van der Waals surface area contributed by atoms with Crippen LogP contribution in [0.25, 0.3) is 0 Å². The highest BCUT2D eigenvalue weighted by Crippen LogP contribution is 2.35. The molecule has 0 aromatic carbocycles. The van der Waals surface area contributed by atoms with Crippen LogP contribution in [0.2, 0.25) is 0 Å². The number of amides is 1. The van der Waals surface area contributed by atoms with Crippen LogP contribution in [0.5, 0.6) is 0 Å². The van der Waals surface area contributed by atoms with Crippen molar-refractivity contribution in [3.05, 3.63) is 0 Å². The average Bonchev–Trinajstić information content (AvgIpc) is 2.88.